The third-order valence-electron chi connectivity index (χ3n) is 5.12. The number of aromatic nitrogens is 2. The number of hydrogen-bond acceptors (Lipinski definition) is 5. The van der Waals surface area contributed by atoms with E-state index in [1.807, 2.05) is 57.9 Å². The van der Waals surface area contributed by atoms with Crippen molar-refractivity contribution in [3.63, 3.8) is 0 Å². The topological polar surface area (TPSA) is 107 Å². The normalized spacial score (nSPS) is 11.3. The molecule has 0 saturated carbocycles. The molecule has 0 aliphatic carbocycles. The molecule has 0 aliphatic rings. The first-order chi connectivity index (χ1) is 16.0. The summed E-state index contributed by atoms with van der Waals surface area (Å²) in [6, 6.07) is 24.2. The van der Waals surface area contributed by atoms with Crippen molar-refractivity contribution in [1.29, 1.82) is 0 Å². The van der Waals surface area contributed by atoms with E-state index >= 15 is 0 Å². The van der Waals surface area contributed by atoms with Crippen molar-refractivity contribution < 1.29 is 14.4 Å². The third-order valence-corrected chi connectivity index (χ3v) is 5.12. The molecule has 0 bridgehead atoms. The van der Waals surface area contributed by atoms with E-state index < -0.39 is 9.85 Å². The fraction of sp³-hybridized carbons (Fsp3) is 0.0833. The Labute approximate surface area is 188 Å². The smallest absolute Gasteiger partial charge is 0.308 e. The fourth-order valence-electron chi connectivity index (χ4n) is 3.53. The quantitative estimate of drug-likeness (QED) is 0.246. The van der Waals surface area contributed by atoms with Crippen molar-refractivity contribution in [2.45, 2.75) is 13.1 Å². The highest BCUT2D eigenvalue weighted by molar-refractivity contribution is 5.40. The number of nitrogens with zero attached hydrogens (tertiary/aromatic N) is 5. The highest BCUT2D eigenvalue weighted by Crippen LogP contribution is 2.19. The first kappa shape index (κ1) is 21.6. The molecule has 4 rings (SSSR count). The van der Waals surface area contributed by atoms with E-state index in [0.29, 0.717) is 22.4 Å². The third kappa shape index (κ3) is 4.99. The van der Waals surface area contributed by atoms with Gasteiger partial charge in [0.25, 0.3) is 11.4 Å². The lowest BCUT2D eigenvalue weighted by atomic mass is 10.2. The van der Waals surface area contributed by atoms with Gasteiger partial charge in [-0.05, 0) is 23.2 Å². The van der Waals surface area contributed by atoms with E-state index in [1.165, 1.54) is 12.1 Å². The van der Waals surface area contributed by atoms with Crippen molar-refractivity contribution in [3.8, 4) is 0 Å². The molecule has 0 atom stereocenters. The molecule has 2 aromatic carbocycles. The van der Waals surface area contributed by atoms with Gasteiger partial charge in [-0.3, -0.25) is 20.2 Å². The Balaban J connectivity index is 1.74. The van der Waals surface area contributed by atoms with Crippen molar-refractivity contribution in [2.75, 3.05) is 0 Å². The second-order valence-electron chi connectivity index (χ2n) is 7.26. The predicted octanol–water partition coefficient (Wildman–Crippen LogP) is 3.92. The fourth-order valence-corrected chi connectivity index (χ4v) is 3.53. The van der Waals surface area contributed by atoms with Crippen LogP contribution in [0.15, 0.2) is 102 Å². The first-order valence-corrected chi connectivity index (χ1v) is 10.2. The molecule has 9 heteroatoms. The lowest BCUT2D eigenvalue weighted by Gasteiger charge is -2.07. The van der Waals surface area contributed by atoms with E-state index in [4.69, 9.17) is 4.99 Å². The second-order valence-corrected chi connectivity index (χ2v) is 7.26. The number of pyridine rings is 2. The van der Waals surface area contributed by atoms with Crippen molar-refractivity contribution in [2.24, 2.45) is 4.99 Å². The van der Waals surface area contributed by atoms with Gasteiger partial charge in [-0.2, -0.15) is 0 Å². The minimum atomic E-state index is -0.395. The Kier molecular flexibility index (Phi) is 6.31. The lowest BCUT2D eigenvalue weighted by molar-refractivity contribution is -0.676. The molecular formula is C24H20N5O4+. The summed E-state index contributed by atoms with van der Waals surface area (Å²) in [6.07, 6.45) is 3.62. The van der Waals surface area contributed by atoms with Crippen molar-refractivity contribution >= 4 is 17.2 Å². The molecule has 0 spiro atoms. The molecule has 0 saturated heterocycles. The van der Waals surface area contributed by atoms with Crippen LogP contribution < -0.4 is 10.1 Å². The number of nitro groups is 2. The highest BCUT2D eigenvalue weighted by atomic mass is 16.6. The maximum absolute atomic E-state index is 11.4. The summed E-state index contributed by atoms with van der Waals surface area (Å²) in [7, 11) is 0. The number of hydrogen-bond donors (Lipinski definition) is 0. The van der Waals surface area contributed by atoms with Gasteiger partial charge >= 0.3 is 5.82 Å². The largest absolute Gasteiger partial charge is 0.325 e. The van der Waals surface area contributed by atoms with Gasteiger partial charge in [-0.15, -0.1) is 0 Å². The van der Waals surface area contributed by atoms with E-state index in [0.717, 1.165) is 0 Å². The van der Waals surface area contributed by atoms with Crippen molar-refractivity contribution in [3.05, 3.63) is 134 Å². The van der Waals surface area contributed by atoms with Crippen LogP contribution in [0.3, 0.4) is 0 Å². The van der Waals surface area contributed by atoms with Crippen LogP contribution in [0.1, 0.15) is 11.1 Å². The Morgan fingerprint density at radius 2 is 1.36 bits per heavy atom. The minimum absolute atomic E-state index is 0.0472. The van der Waals surface area contributed by atoms with Crippen LogP contribution in [0, 0.1) is 20.2 Å². The Hall–Kier alpha value is -4.66. The predicted molar refractivity (Wildman–Crippen MR) is 121 cm³/mol. The molecule has 2 heterocycles. The van der Waals surface area contributed by atoms with Gasteiger partial charge in [0.05, 0.1) is 28.2 Å². The molecule has 0 fully saturated rings. The van der Waals surface area contributed by atoms with Crippen LogP contribution in [-0.2, 0) is 13.1 Å². The number of rotatable bonds is 7. The second kappa shape index (κ2) is 9.65. The van der Waals surface area contributed by atoms with Crippen LogP contribution in [-0.4, -0.2) is 14.4 Å². The Bertz CT molecular complexity index is 1400. The molecule has 9 nitrogen and oxygen atoms in total. The Morgan fingerprint density at radius 1 is 0.758 bits per heavy atom. The average molecular weight is 442 g/mol. The monoisotopic (exact) mass is 442 g/mol. The summed E-state index contributed by atoms with van der Waals surface area (Å²) in [5, 5.41) is 22.8. The molecule has 33 heavy (non-hydrogen) atoms. The van der Waals surface area contributed by atoms with Gasteiger partial charge in [-0.25, -0.2) is 4.57 Å². The lowest BCUT2D eigenvalue weighted by Crippen LogP contribution is -2.35. The van der Waals surface area contributed by atoms with Gasteiger partial charge in [0, 0.05) is 36.0 Å². The van der Waals surface area contributed by atoms with Crippen LogP contribution in [0.5, 0.6) is 0 Å². The maximum atomic E-state index is 11.4. The molecule has 0 radical (unpaired) electrons. The summed E-state index contributed by atoms with van der Waals surface area (Å²) < 4.78 is 3.65. The van der Waals surface area contributed by atoms with Crippen molar-refractivity contribution in [1.82, 2.24) is 4.57 Å². The molecule has 4 aromatic rings. The van der Waals surface area contributed by atoms with E-state index in [1.54, 1.807) is 36.4 Å². The SMILES string of the molecule is O=[N+]([O-])c1ccccc1Cn1cccc/c1=N\c1cccc[n+]1Cc1ccccc1[N+](=O)[O-]. The zero-order valence-electron chi connectivity index (χ0n) is 17.5. The summed E-state index contributed by atoms with van der Waals surface area (Å²) in [5.74, 6) is 0.596. The highest BCUT2D eigenvalue weighted by Gasteiger charge is 2.18. The van der Waals surface area contributed by atoms with E-state index in [9.17, 15) is 20.2 Å². The zero-order valence-corrected chi connectivity index (χ0v) is 17.5. The standard InChI is InChI=1S/C24H20N5O4/c30-28(31)21-11-3-1-9-19(21)17-26-15-7-5-13-23(26)25-24-14-6-8-16-27(24)18-20-10-2-4-12-22(20)29(32)33/h1-16H,17-18H2/q+1. The number of nitro benzene ring substituents is 2. The van der Waals surface area contributed by atoms with Gasteiger partial charge in [0.2, 0.25) is 5.49 Å². The minimum Gasteiger partial charge on any atom is -0.308 e. The van der Waals surface area contributed by atoms with Crippen LogP contribution >= 0.6 is 0 Å². The van der Waals surface area contributed by atoms with E-state index in [-0.39, 0.29) is 24.5 Å². The molecule has 0 N–H and O–H groups in total. The van der Waals surface area contributed by atoms with Crippen LogP contribution in [0.4, 0.5) is 17.2 Å². The molecule has 164 valence electrons. The molecule has 2 aromatic heterocycles. The van der Waals surface area contributed by atoms with Gasteiger partial charge in [0.1, 0.15) is 6.54 Å². The van der Waals surface area contributed by atoms with Gasteiger partial charge in [0.15, 0.2) is 0 Å². The molecule has 0 aliphatic heterocycles. The summed E-state index contributed by atoms with van der Waals surface area (Å²) in [6.45, 7) is 0.543. The first-order valence-electron chi connectivity index (χ1n) is 10.2. The average Bonchev–Trinajstić information content (AvgIpc) is 2.82. The van der Waals surface area contributed by atoms with Crippen LogP contribution in [0.2, 0.25) is 0 Å². The number of para-hydroxylation sites is 2. The summed E-state index contributed by atoms with van der Waals surface area (Å²) >= 11 is 0. The maximum Gasteiger partial charge on any atom is 0.325 e. The molecular weight excluding hydrogens is 422 g/mol. The number of benzene rings is 2. The van der Waals surface area contributed by atoms with Gasteiger partial charge < -0.3 is 4.57 Å². The van der Waals surface area contributed by atoms with Crippen LogP contribution in [0.25, 0.3) is 0 Å². The summed E-state index contributed by atoms with van der Waals surface area (Å²) in [4.78, 5) is 26.8. The summed E-state index contributed by atoms with van der Waals surface area (Å²) in [5.41, 5.74) is 1.82. The van der Waals surface area contributed by atoms with Gasteiger partial charge in [-0.1, -0.05) is 42.5 Å². The zero-order chi connectivity index (χ0) is 23.2. The van der Waals surface area contributed by atoms with E-state index in [2.05, 4.69) is 0 Å². The molecule has 0 amide bonds. The molecule has 0 unspecified atom stereocenters. The Morgan fingerprint density at radius 3 is 2.09 bits per heavy atom.